The zero-order valence-electron chi connectivity index (χ0n) is 13.1. The molecule has 1 amide bonds. The van der Waals surface area contributed by atoms with E-state index in [1.807, 2.05) is 0 Å². The molecule has 1 atom stereocenters. The highest BCUT2D eigenvalue weighted by atomic mass is 32.2. The van der Waals surface area contributed by atoms with Crippen molar-refractivity contribution in [2.24, 2.45) is 5.73 Å². The number of hydrogen-bond acceptors (Lipinski definition) is 7. The average Bonchev–Trinajstić information content (AvgIpc) is 2.60. The Morgan fingerprint density at radius 2 is 2.25 bits per heavy atom. The van der Waals surface area contributed by atoms with E-state index in [0.29, 0.717) is 5.69 Å². The third kappa shape index (κ3) is 3.05. The normalized spacial score (nSPS) is 21.6. The first-order valence-corrected chi connectivity index (χ1v) is 8.86. The van der Waals surface area contributed by atoms with Gasteiger partial charge in [0.05, 0.1) is 25.5 Å². The number of methoxy groups -OCH3 is 1. The van der Waals surface area contributed by atoms with Crippen LogP contribution in [0.25, 0.3) is 0 Å². The van der Waals surface area contributed by atoms with Gasteiger partial charge in [0, 0.05) is 31.8 Å². The third-order valence-corrected chi connectivity index (χ3v) is 5.77. The standard InChI is InChI=1S/C14H19N3O6S/c1-21-12-4-10-11(23-8-14(18)16-10)5-13(12)24(19,20)17-2-3-22-9(6-15)7-17/h4-5,9H,2-3,6-8,15H2,1H3,(H,16,18). The summed E-state index contributed by atoms with van der Waals surface area (Å²) in [6.45, 7) is 0.766. The molecule has 9 nitrogen and oxygen atoms in total. The lowest BCUT2D eigenvalue weighted by Crippen LogP contribution is -2.48. The summed E-state index contributed by atoms with van der Waals surface area (Å²) in [6, 6.07) is 2.82. The number of sulfonamides is 1. The molecular weight excluding hydrogens is 338 g/mol. The molecule has 2 aliphatic rings. The summed E-state index contributed by atoms with van der Waals surface area (Å²) in [5.41, 5.74) is 5.95. The Balaban J connectivity index is 1.99. The van der Waals surface area contributed by atoms with Crippen LogP contribution in [0.2, 0.25) is 0 Å². The maximum absolute atomic E-state index is 13.0. The summed E-state index contributed by atoms with van der Waals surface area (Å²) < 4.78 is 43.2. The molecule has 1 aromatic rings. The highest BCUT2D eigenvalue weighted by Crippen LogP contribution is 2.38. The van der Waals surface area contributed by atoms with Gasteiger partial charge in [-0.2, -0.15) is 4.31 Å². The van der Waals surface area contributed by atoms with Crippen molar-refractivity contribution in [1.82, 2.24) is 4.31 Å². The van der Waals surface area contributed by atoms with Crippen molar-refractivity contribution in [1.29, 1.82) is 0 Å². The van der Waals surface area contributed by atoms with Crippen LogP contribution in [0, 0.1) is 0 Å². The number of ether oxygens (including phenoxy) is 3. The SMILES string of the molecule is COc1cc2c(cc1S(=O)(=O)N1CCOC(CN)C1)OCC(=O)N2. The molecule has 0 bridgehead atoms. The number of amides is 1. The van der Waals surface area contributed by atoms with Crippen molar-refractivity contribution in [2.75, 3.05) is 45.3 Å². The van der Waals surface area contributed by atoms with Crippen molar-refractivity contribution in [3.05, 3.63) is 12.1 Å². The first-order chi connectivity index (χ1) is 11.5. The van der Waals surface area contributed by atoms with Gasteiger partial charge in [-0.05, 0) is 0 Å². The van der Waals surface area contributed by atoms with Crippen molar-refractivity contribution < 1.29 is 27.4 Å². The lowest BCUT2D eigenvalue weighted by Gasteiger charge is -2.32. The number of benzene rings is 1. The van der Waals surface area contributed by atoms with Gasteiger partial charge in [-0.25, -0.2) is 8.42 Å². The van der Waals surface area contributed by atoms with E-state index in [1.54, 1.807) is 0 Å². The fourth-order valence-electron chi connectivity index (χ4n) is 2.64. The number of nitrogens with two attached hydrogens (primary N) is 1. The van der Waals surface area contributed by atoms with Crippen LogP contribution in [0.3, 0.4) is 0 Å². The third-order valence-electron chi connectivity index (χ3n) is 3.88. The number of hydrogen-bond donors (Lipinski definition) is 2. The second-order valence-electron chi connectivity index (χ2n) is 5.43. The Hall–Kier alpha value is -1.88. The van der Waals surface area contributed by atoms with Crippen LogP contribution in [0.4, 0.5) is 5.69 Å². The lowest BCUT2D eigenvalue weighted by atomic mass is 10.2. The van der Waals surface area contributed by atoms with E-state index in [2.05, 4.69) is 5.32 Å². The van der Waals surface area contributed by atoms with E-state index < -0.39 is 10.0 Å². The van der Waals surface area contributed by atoms with Gasteiger partial charge in [0.1, 0.15) is 16.4 Å². The van der Waals surface area contributed by atoms with E-state index in [1.165, 1.54) is 23.5 Å². The molecule has 132 valence electrons. The molecule has 1 unspecified atom stereocenters. The molecule has 10 heteroatoms. The monoisotopic (exact) mass is 357 g/mol. The molecular formula is C14H19N3O6S. The molecule has 1 saturated heterocycles. The van der Waals surface area contributed by atoms with E-state index >= 15 is 0 Å². The maximum Gasteiger partial charge on any atom is 0.262 e. The van der Waals surface area contributed by atoms with Gasteiger partial charge < -0.3 is 25.3 Å². The Labute approximate surface area is 139 Å². The zero-order chi connectivity index (χ0) is 17.3. The maximum atomic E-state index is 13.0. The molecule has 2 heterocycles. The Kier molecular flexibility index (Phi) is 4.63. The minimum atomic E-state index is -3.81. The predicted octanol–water partition coefficient (Wildman–Crippen LogP) is -0.626. The molecule has 0 saturated carbocycles. The number of morpholine rings is 1. The average molecular weight is 357 g/mol. The molecule has 24 heavy (non-hydrogen) atoms. The largest absolute Gasteiger partial charge is 0.495 e. The minimum absolute atomic E-state index is 0.0161. The van der Waals surface area contributed by atoms with Gasteiger partial charge >= 0.3 is 0 Å². The fourth-order valence-corrected chi connectivity index (χ4v) is 4.25. The smallest absolute Gasteiger partial charge is 0.262 e. The molecule has 2 aliphatic heterocycles. The quantitative estimate of drug-likeness (QED) is 0.736. The van der Waals surface area contributed by atoms with Crippen LogP contribution in [0.15, 0.2) is 17.0 Å². The summed E-state index contributed by atoms with van der Waals surface area (Å²) in [6.07, 6.45) is -0.340. The molecule has 0 spiro atoms. The molecule has 1 fully saturated rings. The fraction of sp³-hybridized carbons (Fsp3) is 0.500. The molecule has 1 aromatic carbocycles. The summed E-state index contributed by atoms with van der Waals surface area (Å²) in [4.78, 5) is 11.4. The summed E-state index contributed by atoms with van der Waals surface area (Å²) in [7, 11) is -2.45. The topological polar surface area (TPSA) is 120 Å². The lowest BCUT2D eigenvalue weighted by molar-refractivity contribution is -0.118. The Morgan fingerprint density at radius 1 is 1.46 bits per heavy atom. The van der Waals surface area contributed by atoms with Gasteiger partial charge in [-0.1, -0.05) is 0 Å². The van der Waals surface area contributed by atoms with Crippen LogP contribution in [0.1, 0.15) is 0 Å². The number of nitrogens with one attached hydrogen (secondary N) is 1. The van der Waals surface area contributed by atoms with E-state index in [0.717, 1.165) is 0 Å². The van der Waals surface area contributed by atoms with Gasteiger partial charge in [0.15, 0.2) is 6.61 Å². The zero-order valence-corrected chi connectivity index (χ0v) is 14.0. The highest BCUT2D eigenvalue weighted by molar-refractivity contribution is 7.89. The van der Waals surface area contributed by atoms with Crippen LogP contribution in [0.5, 0.6) is 11.5 Å². The van der Waals surface area contributed by atoms with E-state index in [9.17, 15) is 13.2 Å². The van der Waals surface area contributed by atoms with Crippen LogP contribution >= 0.6 is 0 Å². The number of carbonyl (C=O) groups excluding carboxylic acids is 1. The Bertz CT molecular complexity index is 751. The summed E-state index contributed by atoms with van der Waals surface area (Å²) in [5, 5.41) is 2.62. The van der Waals surface area contributed by atoms with Crippen molar-refractivity contribution in [2.45, 2.75) is 11.0 Å². The summed E-state index contributed by atoms with van der Waals surface area (Å²) >= 11 is 0. The predicted molar refractivity (Wildman–Crippen MR) is 84.7 cm³/mol. The van der Waals surface area contributed by atoms with Gasteiger partial charge in [-0.15, -0.1) is 0 Å². The van der Waals surface area contributed by atoms with Gasteiger partial charge in [-0.3, -0.25) is 4.79 Å². The summed E-state index contributed by atoms with van der Waals surface area (Å²) in [5.74, 6) is 0.118. The van der Waals surface area contributed by atoms with Crippen LogP contribution in [-0.2, 0) is 19.6 Å². The van der Waals surface area contributed by atoms with Crippen LogP contribution < -0.4 is 20.5 Å². The van der Waals surface area contributed by atoms with Gasteiger partial charge in [0.25, 0.3) is 5.91 Å². The first-order valence-electron chi connectivity index (χ1n) is 7.42. The van der Waals surface area contributed by atoms with Crippen molar-refractivity contribution in [3.8, 4) is 11.5 Å². The van der Waals surface area contributed by atoms with Crippen molar-refractivity contribution >= 4 is 21.6 Å². The number of fused-ring (bicyclic) bond motifs is 1. The minimum Gasteiger partial charge on any atom is -0.495 e. The number of rotatable bonds is 4. The second-order valence-corrected chi connectivity index (χ2v) is 7.33. The molecule has 0 radical (unpaired) electrons. The molecule has 3 rings (SSSR count). The number of anilines is 1. The number of carbonyl (C=O) groups is 1. The molecule has 0 aliphatic carbocycles. The number of nitrogens with zero attached hydrogens (tertiary/aromatic N) is 1. The molecule has 0 aromatic heterocycles. The second kappa shape index (κ2) is 6.55. The Morgan fingerprint density at radius 3 is 2.96 bits per heavy atom. The van der Waals surface area contributed by atoms with E-state index in [4.69, 9.17) is 19.9 Å². The first kappa shape index (κ1) is 17.0. The van der Waals surface area contributed by atoms with Crippen molar-refractivity contribution in [3.63, 3.8) is 0 Å². The van der Waals surface area contributed by atoms with Gasteiger partial charge in [0.2, 0.25) is 10.0 Å². The van der Waals surface area contributed by atoms with Crippen LogP contribution in [-0.4, -0.2) is 64.7 Å². The molecule has 3 N–H and O–H groups in total. The van der Waals surface area contributed by atoms with E-state index in [-0.39, 0.29) is 61.3 Å². The highest BCUT2D eigenvalue weighted by Gasteiger charge is 2.34.